The average molecular weight is 435 g/mol. The van der Waals surface area contributed by atoms with Gasteiger partial charge in [-0.3, -0.25) is 9.59 Å². The van der Waals surface area contributed by atoms with Gasteiger partial charge >= 0.3 is 0 Å². The molecule has 2 heterocycles. The maximum atomic E-state index is 13.8. The number of amides is 2. The van der Waals surface area contributed by atoms with Crippen molar-refractivity contribution in [1.82, 2.24) is 19.5 Å². The summed E-state index contributed by atoms with van der Waals surface area (Å²) in [5, 5.41) is 6.50. The number of aromatic nitrogens is 3. The number of hydrogen-bond acceptors (Lipinski definition) is 4. The molecule has 0 radical (unpaired) electrons. The number of nitrogens with one attached hydrogen (secondary N) is 1. The molecule has 2 aromatic heterocycles. The first kappa shape index (κ1) is 21.1. The minimum atomic E-state index is -0.895. The standard InChI is InChI=1S/C23H19F2N5O2/c1-2-29(14-20(31)28-21-17(24)9-6-10-18(21)25)23(32)16-13-27-30-19(11-12-26-22(16)30)15-7-4-3-5-8-15/h3-13H,2,14H2,1H3,(H,28,31). The van der Waals surface area contributed by atoms with E-state index in [0.717, 1.165) is 23.4 Å². The van der Waals surface area contributed by atoms with Gasteiger partial charge in [0.25, 0.3) is 5.91 Å². The zero-order valence-electron chi connectivity index (χ0n) is 17.1. The molecular weight excluding hydrogens is 416 g/mol. The number of rotatable bonds is 6. The van der Waals surface area contributed by atoms with Gasteiger partial charge in [0.2, 0.25) is 5.91 Å². The highest BCUT2D eigenvalue weighted by Crippen LogP contribution is 2.22. The topological polar surface area (TPSA) is 79.6 Å². The lowest BCUT2D eigenvalue weighted by atomic mass is 10.1. The zero-order chi connectivity index (χ0) is 22.7. The fourth-order valence-corrected chi connectivity index (χ4v) is 3.34. The molecule has 0 saturated heterocycles. The van der Waals surface area contributed by atoms with Crippen LogP contribution in [0, 0.1) is 11.6 Å². The molecule has 0 bridgehead atoms. The Morgan fingerprint density at radius 3 is 2.44 bits per heavy atom. The summed E-state index contributed by atoms with van der Waals surface area (Å²) >= 11 is 0. The van der Waals surface area contributed by atoms with Crippen molar-refractivity contribution in [1.29, 1.82) is 0 Å². The molecule has 32 heavy (non-hydrogen) atoms. The summed E-state index contributed by atoms with van der Waals surface area (Å²) in [5.74, 6) is -2.98. The number of hydrogen-bond donors (Lipinski definition) is 1. The fourth-order valence-electron chi connectivity index (χ4n) is 3.34. The van der Waals surface area contributed by atoms with Crippen molar-refractivity contribution in [3.8, 4) is 11.3 Å². The van der Waals surface area contributed by atoms with E-state index in [2.05, 4.69) is 15.4 Å². The highest BCUT2D eigenvalue weighted by atomic mass is 19.1. The normalized spacial score (nSPS) is 10.8. The highest BCUT2D eigenvalue weighted by Gasteiger charge is 2.23. The first-order chi connectivity index (χ1) is 15.5. The minimum absolute atomic E-state index is 0.196. The lowest BCUT2D eigenvalue weighted by molar-refractivity contribution is -0.116. The Morgan fingerprint density at radius 2 is 1.75 bits per heavy atom. The van der Waals surface area contributed by atoms with E-state index in [0.29, 0.717) is 5.65 Å². The quantitative estimate of drug-likeness (QED) is 0.500. The van der Waals surface area contributed by atoms with Crippen molar-refractivity contribution in [2.24, 2.45) is 0 Å². The molecule has 0 aliphatic heterocycles. The number of likely N-dealkylation sites (N-methyl/N-ethyl adjacent to an activating group) is 1. The Morgan fingerprint density at radius 1 is 1.03 bits per heavy atom. The number of fused-ring (bicyclic) bond motifs is 1. The van der Waals surface area contributed by atoms with Crippen LogP contribution in [0.4, 0.5) is 14.5 Å². The van der Waals surface area contributed by atoms with E-state index < -0.39 is 35.7 Å². The number of halogens is 2. The van der Waals surface area contributed by atoms with Crippen molar-refractivity contribution in [2.45, 2.75) is 6.92 Å². The second-order valence-electron chi connectivity index (χ2n) is 6.95. The van der Waals surface area contributed by atoms with Crippen LogP contribution >= 0.6 is 0 Å². The smallest absolute Gasteiger partial charge is 0.259 e. The van der Waals surface area contributed by atoms with E-state index >= 15 is 0 Å². The predicted octanol–water partition coefficient (Wildman–Crippen LogP) is 3.78. The van der Waals surface area contributed by atoms with Crippen LogP contribution < -0.4 is 5.32 Å². The number of nitrogens with zero attached hydrogens (tertiary/aromatic N) is 4. The maximum Gasteiger partial charge on any atom is 0.259 e. The van der Waals surface area contributed by atoms with Gasteiger partial charge in [0.05, 0.1) is 11.9 Å². The van der Waals surface area contributed by atoms with Crippen molar-refractivity contribution < 1.29 is 18.4 Å². The maximum absolute atomic E-state index is 13.8. The summed E-state index contributed by atoms with van der Waals surface area (Å²) in [6.45, 7) is 1.50. The molecule has 4 rings (SSSR count). The van der Waals surface area contributed by atoms with Gasteiger partial charge in [0.15, 0.2) is 5.65 Å². The van der Waals surface area contributed by atoms with Gasteiger partial charge in [-0.05, 0) is 25.1 Å². The Bertz CT molecular complexity index is 1270. The summed E-state index contributed by atoms with van der Waals surface area (Å²) in [6.07, 6.45) is 2.98. The molecule has 2 aromatic carbocycles. The first-order valence-electron chi connectivity index (χ1n) is 9.91. The zero-order valence-corrected chi connectivity index (χ0v) is 17.1. The molecule has 0 aliphatic rings. The fraction of sp³-hybridized carbons (Fsp3) is 0.130. The molecule has 0 spiro atoms. The molecule has 7 nitrogen and oxygen atoms in total. The number of para-hydroxylation sites is 1. The number of carbonyl (C=O) groups excluding carboxylic acids is 2. The Kier molecular flexibility index (Phi) is 5.89. The molecule has 162 valence electrons. The van der Waals surface area contributed by atoms with Crippen LogP contribution in [0.15, 0.2) is 67.0 Å². The lowest BCUT2D eigenvalue weighted by Crippen LogP contribution is -2.38. The summed E-state index contributed by atoms with van der Waals surface area (Å²) in [7, 11) is 0. The summed E-state index contributed by atoms with van der Waals surface area (Å²) in [4.78, 5) is 31.1. The van der Waals surface area contributed by atoms with Crippen LogP contribution in [0.1, 0.15) is 17.3 Å². The molecule has 0 unspecified atom stereocenters. The molecule has 9 heteroatoms. The third-order valence-electron chi connectivity index (χ3n) is 4.93. The second-order valence-corrected chi connectivity index (χ2v) is 6.95. The average Bonchev–Trinajstić information content (AvgIpc) is 3.24. The molecule has 0 fully saturated rings. The molecule has 0 atom stereocenters. The van der Waals surface area contributed by atoms with Crippen LogP contribution in [0.5, 0.6) is 0 Å². The van der Waals surface area contributed by atoms with E-state index in [1.165, 1.54) is 17.2 Å². The third-order valence-corrected chi connectivity index (χ3v) is 4.93. The number of anilines is 1. The van der Waals surface area contributed by atoms with Crippen molar-refractivity contribution in [3.63, 3.8) is 0 Å². The first-order valence-corrected chi connectivity index (χ1v) is 9.91. The molecule has 0 aliphatic carbocycles. The molecule has 1 N–H and O–H groups in total. The predicted molar refractivity (Wildman–Crippen MR) is 115 cm³/mol. The minimum Gasteiger partial charge on any atom is -0.329 e. The van der Waals surface area contributed by atoms with E-state index in [4.69, 9.17) is 0 Å². The van der Waals surface area contributed by atoms with Crippen LogP contribution in [0.2, 0.25) is 0 Å². The van der Waals surface area contributed by atoms with Crippen molar-refractivity contribution in [2.75, 3.05) is 18.4 Å². The summed E-state index contributed by atoms with van der Waals surface area (Å²) < 4.78 is 29.2. The van der Waals surface area contributed by atoms with Gasteiger partial charge in [-0.2, -0.15) is 5.10 Å². The van der Waals surface area contributed by atoms with Gasteiger partial charge in [0.1, 0.15) is 29.4 Å². The highest BCUT2D eigenvalue weighted by molar-refractivity contribution is 6.02. The van der Waals surface area contributed by atoms with Crippen molar-refractivity contribution >= 4 is 23.1 Å². The van der Waals surface area contributed by atoms with Crippen LogP contribution in [-0.2, 0) is 4.79 Å². The Hall–Kier alpha value is -4.14. The second kappa shape index (κ2) is 8.93. The molecule has 0 saturated carbocycles. The third kappa shape index (κ3) is 4.04. The van der Waals surface area contributed by atoms with E-state index in [1.807, 2.05) is 30.3 Å². The lowest BCUT2D eigenvalue weighted by Gasteiger charge is -2.20. The molecule has 4 aromatic rings. The molecule has 2 amide bonds. The van der Waals surface area contributed by atoms with E-state index in [-0.39, 0.29) is 12.1 Å². The van der Waals surface area contributed by atoms with Crippen LogP contribution in [-0.4, -0.2) is 44.4 Å². The Labute approximate surface area is 182 Å². The van der Waals surface area contributed by atoms with Gasteiger partial charge in [-0.25, -0.2) is 18.3 Å². The van der Waals surface area contributed by atoms with Gasteiger partial charge < -0.3 is 10.2 Å². The van der Waals surface area contributed by atoms with Gasteiger partial charge in [-0.15, -0.1) is 0 Å². The summed E-state index contributed by atoms with van der Waals surface area (Å²) in [6, 6.07) is 14.6. The number of benzene rings is 2. The van der Waals surface area contributed by atoms with Gasteiger partial charge in [0, 0.05) is 18.3 Å². The largest absolute Gasteiger partial charge is 0.329 e. The van der Waals surface area contributed by atoms with Gasteiger partial charge in [-0.1, -0.05) is 36.4 Å². The monoisotopic (exact) mass is 435 g/mol. The van der Waals surface area contributed by atoms with Crippen LogP contribution in [0.25, 0.3) is 16.9 Å². The molecular formula is C23H19F2N5O2. The SMILES string of the molecule is CCN(CC(=O)Nc1c(F)cccc1F)C(=O)c1cnn2c(-c3ccccc3)ccnc12. The van der Waals surface area contributed by atoms with Crippen LogP contribution in [0.3, 0.4) is 0 Å². The summed E-state index contributed by atoms with van der Waals surface area (Å²) in [5.41, 5.74) is 1.67. The Balaban J connectivity index is 1.58. The van der Waals surface area contributed by atoms with Crippen molar-refractivity contribution in [3.05, 3.63) is 84.2 Å². The van der Waals surface area contributed by atoms with E-state index in [9.17, 15) is 18.4 Å². The van der Waals surface area contributed by atoms with E-state index in [1.54, 1.807) is 23.7 Å². The number of carbonyl (C=O) groups is 2.